The summed E-state index contributed by atoms with van der Waals surface area (Å²) in [5, 5.41) is 16.1. The number of hydrogen-bond donors (Lipinski definition) is 2. The van der Waals surface area contributed by atoms with E-state index in [-0.39, 0.29) is 19.1 Å². The van der Waals surface area contributed by atoms with E-state index in [2.05, 4.69) is 10.4 Å². The van der Waals surface area contributed by atoms with Crippen molar-refractivity contribution in [2.75, 3.05) is 5.32 Å². The van der Waals surface area contributed by atoms with Gasteiger partial charge in [0.2, 0.25) is 5.91 Å². The van der Waals surface area contributed by atoms with E-state index in [1.54, 1.807) is 28.9 Å². The van der Waals surface area contributed by atoms with Gasteiger partial charge in [-0.15, -0.1) is 0 Å². The van der Waals surface area contributed by atoms with Crippen LogP contribution in [0.25, 0.3) is 0 Å². The molecule has 0 atom stereocenters. The van der Waals surface area contributed by atoms with E-state index in [4.69, 9.17) is 5.11 Å². The van der Waals surface area contributed by atoms with Crippen LogP contribution >= 0.6 is 0 Å². The molecule has 0 aliphatic carbocycles. The van der Waals surface area contributed by atoms with Gasteiger partial charge in [0.15, 0.2) is 0 Å². The molecule has 0 unspecified atom stereocenters. The fraction of sp³-hybridized carbons (Fsp3) is 0.286. The van der Waals surface area contributed by atoms with Crippen molar-refractivity contribution in [2.45, 2.75) is 27.0 Å². The Labute approximate surface area is 111 Å². The van der Waals surface area contributed by atoms with Crippen molar-refractivity contribution in [3.05, 3.63) is 47.3 Å². The smallest absolute Gasteiger partial charge is 0.246 e. The summed E-state index contributed by atoms with van der Waals surface area (Å²) in [6.45, 7) is 3.95. The second-order valence-electron chi connectivity index (χ2n) is 4.49. The second kappa shape index (κ2) is 5.67. The van der Waals surface area contributed by atoms with E-state index in [1.807, 2.05) is 19.9 Å². The predicted molar refractivity (Wildman–Crippen MR) is 72.7 cm³/mol. The minimum Gasteiger partial charge on any atom is -0.392 e. The molecule has 0 radical (unpaired) electrons. The predicted octanol–water partition coefficient (Wildman–Crippen LogP) is 1.63. The van der Waals surface area contributed by atoms with Crippen LogP contribution in [-0.4, -0.2) is 20.8 Å². The van der Waals surface area contributed by atoms with Gasteiger partial charge in [0.25, 0.3) is 0 Å². The average Bonchev–Trinajstić information content (AvgIpc) is 2.68. The number of aliphatic hydroxyl groups is 1. The van der Waals surface area contributed by atoms with Gasteiger partial charge in [-0.05, 0) is 37.6 Å². The fourth-order valence-corrected chi connectivity index (χ4v) is 1.92. The third kappa shape index (κ3) is 3.42. The number of aliphatic hydroxyl groups excluding tert-OH is 1. The van der Waals surface area contributed by atoms with Crippen LogP contribution in [0.4, 0.5) is 5.69 Å². The first-order valence-electron chi connectivity index (χ1n) is 6.09. The van der Waals surface area contributed by atoms with E-state index >= 15 is 0 Å². The lowest BCUT2D eigenvalue weighted by atomic mass is 10.2. The van der Waals surface area contributed by atoms with Crippen LogP contribution in [0.2, 0.25) is 0 Å². The SMILES string of the molecule is Cc1cc(C)n(CC(=O)Nc2cccc(CO)c2)n1. The molecular formula is C14H17N3O2. The molecule has 0 saturated carbocycles. The first kappa shape index (κ1) is 13.3. The lowest BCUT2D eigenvalue weighted by Crippen LogP contribution is -2.20. The first-order chi connectivity index (χ1) is 9.08. The highest BCUT2D eigenvalue weighted by Gasteiger charge is 2.07. The largest absolute Gasteiger partial charge is 0.392 e. The average molecular weight is 259 g/mol. The number of aryl methyl sites for hydroxylation is 2. The summed E-state index contributed by atoms with van der Waals surface area (Å²) in [5.74, 6) is -0.138. The Kier molecular flexibility index (Phi) is 3.97. The zero-order valence-corrected chi connectivity index (χ0v) is 11.1. The zero-order chi connectivity index (χ0) is 13.8. The molecule has 1 aromatic heterocycles. The van der Waals surface area contributed by atoms with Crippen LogP contribution in [0.1, 0.15) is 17.0 Å². The summed E-state index contributed by atoms with van der Waals surface area (Å²) in [6.07, 6.45) is 0. The highest BCUT2D eigenvalue weighted by atomic mass is 16.3. The maximum Gasteiger partial charge on any atom is 0.246 e. The lowest BCUT2D eigenvalue weighted by Gasteiger charge is -2.07. The molecule has 1 aromatic carbocycles. The number of amides is 1. The van der Waals surface area contributed by atoms with Gasteiger partial charge < -0.3 is 10.4 Å². The highest BCUT2D eigenvalue weighted by molar-refractivity contribution is 5.90. The number of anilines is 1. The third-order valence-electron chi connectivity index (χ3n) is 2.79. The number of aromatic nitrogens is 2. The highest BCUT2D eigenvalue weighted by Crippen LogP contribution is 2.11. The summed E-state index contributed by atoms with van der Waals surface area (Å²) in [6, 6.07) is 9.07. The number of benzene rings is 1. The van der Waals surface area contributed by atoms with Crippen molar-refractivity contribution >= 4 is 11.6 Å². The minimum absolute atomic E-state index is 0.0405. The van der Waals surface area contributed by atoms with Crippen LogP contribution in [0.3, 0.4) is 0 Å². The lowest BCUT2D eigenvalue weighted by molar-refractivity contribution is -0.116. The van der Waals surface area contributed by atoms with Crippen LogP contribution in [-0.2, 0) is 17.9 Å². The van der Waals surface area contributed by atoms with E-state index in [1.165, 1.54) is 0 Å². The summed E-state index contributed by atoms with van der Waals surface area (Å²) < 4.78 is 1.67. The summed E-state index contributed by atoms with van der Waals surface area (Å²) in [7, 11) is 0. The first-order valence-corrected chi connectivity index (χ1v) is 6.09. The van der Waals surface area contributed by atoms with E-state index in [9.17, 15) is 4.79 Å². The van der Waals surface area contributed by atoms with Crippen molar-refractivity contribution in [3.8, 4) is 0 Å². The van der Waals surface area contributed by atoms with E-state index < -0.39 is 0 Å². The van der Waals surface area contributed by atoms with Gasteiger partial charge in [-0.2, -0.15) is 5.10 Å². The van der Waals surface area contributed by atoms with Crippen molar-refractivity contribution < 1.29 is 9.90 Å². The molecule has 0 fully saturated rings. The number of nitrogens with zero attached hydrogens (tertiary/aromatic N) is 2. The Morgan fingerprint density at radius 3 is 2.79 bits per heavy atom. The number of nitrogens with one attached hydrogen (secondary N) is 1. The van der Waals surface area contributed by atoms with Crippen molar-refractivity contribution in [1.29, 1.82) is 0 Å². The minimum atomic E-state index is -0.138. The zero-order valence-electron chi connectivity index (χ0n) is 11.1. The molecule has 100 valence electrons. The van der Waals surface area contributed by atoms with Crippen molar-refractivity contribution in [2.24, 2.45) is 0 Å². The van der Waals surface area contributed by atoms with Gasteiger partial charge in [0.1, 0.15) is 6.54 Å². The van der Waals surface area contributed by atoms with Gasteiger partial charge in [-0.25, -0.2) is 0 Å². The van der Waals surface area contributed by atoms with Crippen LogP contribution in [0.5, 0.6) is 0 Å². The molecule has 2 N–H and O–H groups in total. The van der Waals surface area contributed by atoms with Gasteiger partial charge in [0, 0.05) is 11.4 Å². The normalized spacial score (nSPS) is 10.5. The van der Waals surface area contributed by atoms with Gasteiger partial charge in [-0.1, -0.05) is 12.1 Å². The molecule has 19 heavy (non-hydrogen) atoms. The Balaban J connectivity index is 2.03. The Morgan fingerprint density at radius 1 is 1.37 bits per heavy atom. The molecule has 5 nitrogen and oxygen atoms in total. The molecule has 2 aromatic rings. The van der Waals surface area contributed by atoms with Crippen molar-refractivity contribution in [1.82, 2.24) is 9.78 Å². The maximum absolute atomic E-state index is 11.9. The number of carbonyl (C=O) groups excluding carboxylic acids is 1. The molecule has 5 heteroatoms. The monoisotopic (exact) mass is 259 g/mol. The van der Waals surface area contributed by atoms with Crippen LogP contribution < -0.4 is 5.32 Å². The van der Waals surface area contributed by atoms with Gasteiger partial charge in [0.05, 0.1) is 12.3 Å². The van der Waals surface area contributed by atoms with Crippen LogP contribution in [0.15, 0.2) is 30.3 Å². The topological polar surface area (TPSA) is 67.2 Å². The molecule has 0 aliphatic heterocycles. The third-order valence-corrected chi connectivity index (χ3v) is 2.79. The summed E-state index contributed by atoms with van der Waals surface area (Å²) >= 11 is 0. The summed E-state index contributed by atoms with van der Waals surface area (Å²) in [5.41, 5.74) is 3.30. The maximum atomic E-state index is 11.9. The molecule has 1 heterocycles. The molecule has 2 rings (SSSR count). The van der Waals surface area contributed by atoms with Crippen molar-refractivity contribution in [3.63, 3.8) is 0 Å². The number of rotatable bonds is 4. The molecule has 0 aliphatic rings. The molecular weight excluding hydrogens is 242 g/mol. The Hall–Kier alpha value is -2.14. The molecule has 1 amide bonds. The Bertz CT molecular complexity index is 590. The number of carbonyl (C=O) groups is 1. The van der Waals surface area contributed by atoms with E-state index in [0.29, 0.717) is 5.69 Å². The fourth-order valence-electron chi connectivity index (χ4n) is 1.92. The van der Waals surface area contributed by atoms with Crippen LogP contribution in [0, 0.1) is 13.8 Å². The Morgan fingerprint density at radius 2 is 2.16 bits per heavy atom. The van der Waals surface area contributed by atoms with Gasteiger partial charge in [-0.3, -0.25) is 9.48 Å². The van der Waals surface area contributed by atoms with Gasteiger partial charge >= 0.3 is 0 Å². The van der Waals surface area contributed by atoms with E-state index in [0.717, 1.165) is 17.0 Å². The molecule has 0 bridgehead atoms. The standard InChI is InChI=1S/C14H17N3O2/c1-10-6-11(2)17(16-10)8-14(19)15-13-5-3-4-12(7-13)9-18/h3-7,18H,8-9H2,1-2H3,(H,15,19). The summed E-state index contributed by atoms with van der Waals surface area (Å²) in [4.78, 5) is 11.9. The number of hydrogen-bond acceptors (Lipinski definition) is 3. The quantitative estimate of drug-likeness (QED) is 0.877. The molecule has 0 spiro atoms. The second-order valence-corrected chi connectivity index (χ2v) is 4.49. The molecule has 0 saturated heterocycles.